The van der Waals surface area contributed by atoms with Crippen molar-refractivity contribution in [2.24, 2.45) is 0 Å². The van der Waals surface area contributed by atoms with Gasteiger partial charge in [-0.25, -0.2) is 14.3 Å². The van der Waals surface area contributed by atoms with E-state index in [4.69, 9.17) is 5.73 Å². The second-order valence-corrected chi connectivity index (χ2v) is 9.87. The molecule has 6 N–H and O–H groups in total. The summed E-state index contributed by atoms with van der Waals surface area (Å²) in [4.78, 5) is 65.2. The summed E-state index contributed by atoms with van der Waals surface area (Å²) in [5.41, 5.74) is 7.65. The van der Waals surface area contributed by atoms with Crippen LogP contribution in [0.3, 0.4) is 0 Å². The lowest BCUT2D eigenvalue weighted by atomic mass is 10.0. The van der Waals surface area contributed by atoms with Gasteiger partial charge in [0.2, 0.25) is 0 Å². The minimum Gasteiger partial charge on any atom is -0.478 e. The van der Waals surface area contributed by atoms with Crippen molar-refractivity contribution in [3.05, 3.63) is 115 Å². The molecule has 0 bridgehead atoms. The maximum atomic E-state index is 13.4. The van der Waals surface area contributed by atoms with E-state index < -0.39 is 28.6 Å². The van der Waals surface area contributed by atoms with Crippen LogP contribution in [0.2, 0.25) is 0 Å². The molecular weight excluding hydrogens is 542 g/mol. The number of carboxylic acid groups (broad SMARTS) is 1. The molecule has 6 rings (SSSR count). The first kappa shape index (κ1) is 26.4. The van der Waals surface area contributed by atoms with Crippen molar-refractivity contribution < 1.29 is 19.5 Å². The van der Waals surface area contributed by atoms with E-state index in [1.807, 2.05) is 0 Å². The van der Waals surface area contributed by atoms with Gasteiger partial charge in [-0.1, -0.05) is 18.2 Å². The molecule has 5 aromatic rings. The topological polar surface area (TPSA) is 198 Å². The quantitative estimate of drug-likeness (QED) is 0.173. The first-order valence-corrected chi connectivity index (χ1v) is 12.9. The molecule has 0 aliphatic heterocycles. The van der Waals surface area contributed by atoms with E-state index in [1.54, 1.807) is 42.5 Å². The molecule has 1 atom stereocenters. The largest absolute Gasteiger partial charge is 0.478 e. The van der Waals surface area contributed by atoms with Crippen LogP contribution in [0, 0.1) is 0 Å². The number of nitrogen functional groups attached to an aromatic ring is 1. The van der Waals surface area contributed by atoms with Crippen molar-refractivity contribution in [2.45, 2.75) is 25.4 Å². The van der Waals surface area contributed by atoms with Crippen molar-refractivity contribution in [1.82, 2.24) is 25.2 Å². The van der Waals surface area contributed by atoms with Crippen molar-refractivity contribution in [3.63, 3.8) is 0 Å². The Hall–Kier alpha value is -5.85. The number of rotatable bonds is 8. The number of aromatic nitrogens is 3. The smallest absolute Gasteiger partial charge is 0.335 e. The first-order chi connectivity index (χ1) is 20.2. The zero-order valence-electron chi connectivity index (χ0n) is 21.9. The molecule has 0 radical (unpaired) electrons. The van der Waals surface area contributed by atoms with Gasteiger partial charge in [-0.05, 0) is 53.8 Å². The Morgan fingerprint density at radius 2 is 1.86 bits per heavy atom. The molecule has 0 saturated heterocycles. The molecule has 1 aliphatic rings. The molecule has 2 heterocycles. The summed E-state index contributed by atoms with van der Waals surface area (Å²) in [5.74, 6) is -1.99. The zero-order chi connectivity index (χ0) is 29.5. The maximum absolute atomic E-state index is 13.4. The number of aromatic carboxylic acids is 1. The second kappa shape index (κ2) is 10.3. The highest BCUT2D eigenvalue weighted by atomic mass is 16.4. The molecule has 1 aliphatic carbocycles. The SMILES string of the molecule is Nc1c(Nc2cccc(CNC(=O)c3cc(C(=O)N[C@H]4CCc5cc(C(=O)O)ccc54)n4nccc4n3)c2)c(=O)c1=O. The number of amides is 2. The van der Waals surface area contributed by atoms with Crippen molar-refractivity contribution >= 4 is 40.5 Å². The summed E-state index contributed by atoms with van der Waals surface area (Å²) in [7, 11) is 0. The molecule has 210 valence electrons. The van der Waals surface area contributed by atoms with E-state index in [0.717, 1.165) is 11.1 Å². The van der Waals surface area contributed by atoms with Crippen molar-refractivity contribution in [2.75, 3.05) is 11.1 Å². The number of aryl methyl sites for hydroxylation is 1. The molecule has 0 spiro atoms. The monoisotopic (exact) mass is 565 g/mol. The molecule has 0 saturated carbocycles. The summed E-state index contributed by atoms with van der Waals surface area (Å²) in [6.07, 6.45) is 2.70. The molecule has 0 unspecified atom stereocenters. The molecule has 13 nitrogen and oxygen atoms in total. The fourth-order valence-corrected chi connectivity index (χ4v) is 5.03. The molecule has 3 aromatic carbocycles. The van der Waals surface area contributed by atoms with Crippen molar-refractivity contribution in [1.29, 1.82) is 0 Å². The van der Waals surface area contributed by atoms with Crippen LogP contribution in [0.1, 0.15) is 60.5 Å². The predicted octanol–water partition coefficient (Wildman–Crippen LogP) is 1.70. The minimum absolute atomic E-state index is 0.0110. The van der Waals surface area contributed by atoms with Crippen LogP contribution < -0.4 is 32.5 Å². The number of anilines is 3. The Balaban J connectivity index is 1.17. The lowest BCUT2D eigenvalue weighted by Gasteiger charge is -2.15. The lowest BCUT2D eigenvalue weighted by Crippen LogP contribution is -2.36. The summed E-state index contributed by atoms with van der Waals surface area (Å²) in [6, 6.07) is 14.3. The van der Waals surface area contributed by atoms with E-state index in [1.165, 1.54) is 22.8 Å². The predicted molar refractivity (Wildman–Crippen MR) is 152 cm³/mol. The van der Waals surface area contributed by atoms with Gasteiger partial charge < -0.3 is 26.8 Å². The van der Waals surface area contributed by atoms with Gasteiger partial charge in [0.25, 0.3) is 22.7 Å². The number of nitrogens with zero attached hydrogens (tertiary/aromatic N) is 3. The number of hydrogen-bond donors (Lipinski definition) is 5. The summed E-state index contributed by atoms with van der Waals surface area (Å²) >= 11 is 0. The summed E-state index contributed by atoms with van der Waals surface area (Å²) in [6.45, 7) is 0.112. The highest BCUT2D eigenvalue weighted by molar-refractivity contribution is 5.98. The second-order valence-electron chi connectivity index (χ2n) is 9.87. The lowest BCUT2D eigenvalue weighted by molar-refractivity contribution is 0.0696. The van der Waals surface area contributed by atoms with Crippen LogP contribution in [0.25, 0.3) is 5.65 Å². The Morgan fingerprint density at radius 1 is 1.02 bits per heavy atom. The fraction of sp³-hybridized carbons (Fsp3) is 0.138. The number of carbonyl (C=O) groups excluding carboxylic acids is 2. The standard InChI is InChI=1S/C29H23N7O6/c30-23-24(26(38)25(23)37)33-17-3-1-2-14(10-17)13-31-27(39)20-12-21(36-22(34-20)8-9-32-36)28(40)35-19-7-5-15-11-16(29(41)42)4-6-18(15)19/h1-4,6,8-12,19,33H,5,7,13,30H2,(H,31,39)(H,35,40)(H,41,42)/t19-/m0/s1. The van der Waals surface area contributed by atoms with Gasteiger partial charge in [0.1, 0.15) is 22.8 Å². The third kappa shape index (κ3) is 4.72. The average molecular weight is 566 g/mol. The number of fused-ring (bicyclic) bond motifs is 2. The van der Waals surface area contributed by atoms with Crippen LogP contribution in [-0.2, 0) is 13.0 Å². The number of carboxylic acids is 1. The van der Waals surface area contributed by atoms with E-state index in [2.05, 4.69) is 26.0 Å². The van der Waals surface area contributed by atoms with Gasteiger partial charge in [-0.3, -0.25) is 19.2 Å². The van der Waals surface area contributed by atoms with Gasteiger partial charge in [0.15, 0.2) is 5.65 Å². The Kier molecular flexibility index (Phi) is 6.46. The fourth-order valence-electron chi connectivity index (χ4n) is 5.03. The van der Waals surface area contributed by atoms with Crippen LogP contribution >= 0.6 is 0 Å². The Morgan fingerprint density at radius 3 is 2.64 bits per heavy atom. The molecule has 2 aromatic heterocycles. The number of nitrogens with two attached hydrogens (primary N) is 1. The first-order valence-electron chi connectivity index (χ1n) is 12.9. The van der Waals surface area contributed by atoms with E-state index in [0.29, 0.717) is 29.7 Å². The third-order valence-corrected chi connectivity index (χ3v) is 7.19. The van der Waals surface area contributed by atoms with Gasteiger partial charge in [0.05, 0.1) is 17.8 Å². The number of hydrogen-bond acceptors (Lipinski definition) is 9. The maximum Gasteiger partial charge on any atom is 0.335 e. The normalized spacial score (nSPS) is 14.0. The van der Waals surface area contributed by atoms with Crippen LogP contribution in [0.15, 0.2) is 70.4 Å². The van der Waals surface area contributed by atoms with Gasteiger partial charge in [-0.2, -0.15) is 5.10 Å². The van der Waals surface area contributed by atoms with Gasteiger partial charge >= 0.3 is 5.97 Å². The molecular formula is C29H23N7O6. The molecule has 2 amide bonds. The third-order valence-electron chi connectivity index (χ3n) is 7.19. The Bertz CT molecular complexity index is 1990. The summed E-state index contributed by atoms with van der Waals surface area (Å²) in [5, 5.41) is 22.0. The van der Waals surface area contributed by atoms with Gasteiger partial charge in [-0.15, -0.1) is 0 Å². The highest BCUT2D eigenvalue weighted by Crippen LogP contribution is 2.32. The van der Waals surface area contributed by atoms with E-state index in [9.17, 15) is 29.1 Å². The van der Waals surface area contributed by atoms with Crippen molar-refractivity contribution in [3.8, 4) is 0 Å². The highest BCUT2D eigenvalue weighted by Gasteiger charge is 2.27. The van der Waals surface area contributed by atoms with Crippen LogP contribution in [0.5, 0.6) is 0 Å². The van der Waals surface area contributed by atoms with Gasteiger partial charge in [0, 0.05) is 24.4 Å². The molecule has 13 heteroatoms. The summed E-state index contributed by atoms with van der Waals surface area (Å²) < 4.78 is 1.34. The zero-order valence-corrected chi connectivity index (χ0v) is 21.9. The van der Waals surface area contributed by atoms with E-state index in [-0.39, 0.29) is 40.9 Å². The van der Waals surface area contributed by atoms with Crippen LogP contribution in [-0.4, -0.2) is 37.5 Å². The number of nitrogens with one attached hydrogen (secondary N) is 3. The number of benzene rings is 2. The Labute approximate surface area is 236 Å². The minimum atomic E-state index is -1.01. The molecule has 0 fully saturated rings. The average Bonchev–Trinajstić information content (AvgIpc) is 3.64. The van der Waals surface area contributed by atoms with E-state index >= 15 is 0 Å². The van der Waals surface area contributed by atoms with Crippen LogP contribution in [0.4, 0.5) is 17.1 Å². The molecule has 42 heavy (non-hydrogen) atoms. The number of carbonyl (C=O) groups is 3.